The van der Waals surface area contributed by atoms with Crippen molar-refractivity contribution in [1.29, 1.82) is 0 Å². The lowest BCUT2D eigenvalue weighted by Gasteiger charge is -2.31. The molecule has 5 nitrogen and oxygen atoms in total. The smallest absolute Gasteiger partial charge is 0.156 e. The first kappa shape index (κ1) is 18.2. The molecular formula is C23H25BN4O. The molecule has 0 atom stereocenters. The van der Waals surface area contributed by atoms with Gasteiger partial charge in [0.05, 0.1) is 24.6 Å². The average molecular weight is 384 g/mol. The number of allylic oxidation sites excluding steroid dienone is 1. The van der Waals surface area contributed by atoms with E-state index >= 15 is 0 Å². The van der Waals surface area contributed by atoms with Gasteiger partial charge in [-0.25, -0.2) is 9.67 Å². The number of hydrogen-bond acceptors (Lipinski definition) is 4. The molecule has 0 spiro atoms. The Labute approximate surface area is 172 Å². The van der Waals surface area contributed by atoms with E-state index in [0.29, 0.717) is 0 Å². The minimum atomic E-state index is 0.778. The number of nitrogens with zero attached hydrogens (tertiary/aromatic N) is 4. The number of benzene rings is 1. The number of ether oxygens (including phenoxy) is 1. The number of aromatic nitrogens is 3. The number of aryl methyl sites for hydroxylation is 1. The summed E-state index contributed by atoms with van der Waals surface area (Å²) in [7, 11) is 2.22. The van der Waals surface area contributed by atoms with Gasteiger partial charge in [0.25, 0.3) is 0 Å². The summed E-state index contributed by atoms with van der Waals surface area (Å²) in [6.45, 7) is 5.50. The average Bonchev–Trinajstić information content (AvgIpc) is 3.41. The summed E-state index contributed by atoms with van der Waals surface area (Å²) in [5.74, 6) is 0.873. The monoisotopic (exact) mass is 384 g/mol. The molecule has 1 aromatic carbocycles. The molecule has 1 aliphatic heterocycles. The minimum Gasteiger partial charge on any atom is -0.378 e. The lowest BCUT2D eigenvalue weighted by molar-refractivity contribution is 0.122. The molecule has 1 fully saturated rings. The van der Waals surface area contributed by atoms with E-state index in [1.807, 2.05) is 10.9 Å². The Morgan fingerprint density at radius 2 is 2.00 bits per heavy atom. The van der Waals surface area contributed by atoms with E-state index in [1.54, 1.807) is 0 Å². The van der Waals surface area contributed by atoms with E-state index in [9.17, 15) is 0 Å². The third-order valence-corrected chi connectivity index (χ3v) is 5.81. The Hall–Kier alpha value is -2.86. The molecule has 0 bridgehead atoms. The van der Waals surface area contributed by atoms with Crippen molar-refractivity contribution in [3.05, 3.63) is 65.0 Å². The van der Waals surface area contributed by atoms with Crippen LogP contribution in [0.2, 0.25) is 6.32 Å². The third kappa shape index (κ3) is 3.49. The fourth-order valence-electron chi connectivity index (χ4n) is 4.18. The summed E-state index contributed by atoms with van der Waals surface area (Å²) in [6.07, 6.45) is 6.33. The van der Waals surface area contributed by atoms with E-state index < -0.39 is 0 Å². The van der Waals surface area contributed by atoms with Crippen molar-refractivity contribution in [2.45, 2.75) is 19.7 Å². The van der Waals surface area contributed by atoms with Crippen LogP contribution in [0.5, 0.6) is 0 Å². The van der Waals surface area contributed by atoms with Crippen LogP contribution in [0.15, 0.2) is 48.2 Å². The number of fused-ring (bicyclic) bond motifs is 1. The second kappa shape index (κ2) is 7.52. The van der Waals surface area contributed by atoms with Crippen LogP contribution in [-0.4, -0.2) is 48.9 Å². The van der Waals surface area contributed by atoms with Crippen molar-refractivity contribution in [1.82, 2.24) is 14.8 Å². The Morgan fingerprint density at radius 3 is 2.79 bits per heavy atom. The highest BCUT2D eigenvalue weighted by atomic mass is 16.5. The van der Waals surface area contributed by atoms with Gasteiger partial charge < -0.3 is 9.64 Å². The molecule has 0 N–H and O–H groups in total. The van der Waals surface area contributed by atoms with E-state index in [1.165, 1.54) is 22.4 Å². The second-order valence-electron chi connectivity index (χ2n) is 7.81. The van der Waals surface area contributed by atoms with Crippen molar-refractivity contribution >= 4 is 19.6 Å². The van der Waals surface area contributed by atoms with E-state index in [4.69, 9.17) is 14.8 Å². The Balaban J connectivity index is 1.56. The Bertz CT molecular complexity index is 1080. The van der Waals surface area contributed by atoms with Gasteiger partial charge in [0.15, 0.2) is 5.82 Å². The summed E-state index contributed by atoms with van der Waals surface area (Å²) in [6, 6.07) is 12.7. The lowest BCUT2D eigenvalue weighted by atomic mass is 9.95. The van der Waals surface area contributed by atoms with Gasteiger partial charge in [0, 0.05) is 42.2 Å². The molecule has 0 amide bonds. The standard InChI is InChI=1S/C23H25BN4O/c1-16-3-2-4-18(11-16)20-5-6-28(26-20)23-14-22(27-7-9-29-10-8-27)19-12-17(15-24)13-21(19)25-23/h2-6,11,13-14H,7-10,12,15,24H2,1H3. The van der Waals surface area contributed by atoms with Crippen LogP contribution in [0.1, 0.15) is 16.8 Å². The van der Waals surface area contributed by atoms with Crippen molar-refractivity contribution in [3.63, 3.8) is 0 Å². The Kier molecular flexibility index (Phi) is 4.72. The first-order valence-corrected chi connectivity index (χ1v) is 10.4. The van der Waals surface area contributed by atoms with Crippen molar-refractivity contribution in [3.8, 4) is 17.1 Å². The predicted molar refractivity (Wildman–Crippen MR) is 120 cm³/mol. The molecule has 3 aromatic rings. The van der Waals surface area contributed by atoms with Crippen molar-refractivity contribution < 1.29 is 4.74 Å². The van der Waals surface area contributed by atoms with Crippen LogP contribution < -0.4 is 4.90 Å². The lowest BCUT2D eigenvalue weighted by Crippen LogP contribution is -2.37. The molecule has 146 valence electrons. The number of hydrogen-bond donors (Lipinski definition) is 0. The number of morpholine rings is 1. The number of rotatable bonds is 4. The molecule has 0 saturated carbocycles. The molecular weight excluding hydrogens is 359 g/mol. The van der Waals surface area contributed by atoms with Gasteiger partial charge in [-0.2, -0.15) is 5.10 Å². The number of anilines is 1. The maximum atomic E-state index is 5.57. The molecule has 0 radical (unpaired) electrons. The molecule has 2 aromatic heterocycles. The fourth-order valence-corrected chi connectivity index (χ4v) is 4.18. The maximum absolute atomic E-state index is 5.57. The zero-order valence-electron chi connectivity index (χ0n) is 17.1. The van der Waals surface area contributed by atoms with Gasteiger partial charge in [0.2, 0.25) is 0 Å². The highest BCUT2D eigenvalue weighted by Crippen LogP contribution is 2.35. The van der Waals surface area contributed by atoms with Crippen molar-refractivity contribution in [2.75, 3.05) is 31.2 Å². The summed E-state index contributed by atoms with van der Waals surface area (Å²) >= 11 is 0. The summed E-state index contributed by atoms with van der Waals surface area (Å²) < 4.78 is 7.47. The fraction of sp³-hybridized carbons (Fsp3) is 0.304. The number of pyridine rings is 1. The van der Waals surface area contributed by atoms with Crippen LogP contribution >= 0.6 is 0 Å². The van der Waals surface area contributed by atoms with Gasteiger partial charge >= 0.3 is 0 Å². The maximum Gasteiger partial charge on any atom is 0.156 e. The zero-order chi connectivity index (χ0) is 19.8. The normalized spacial score (nSPS) is 16.0. The second-order valence-corrected chi connectivity index (χ2v) is 7.81. The van der Waals surface area contributed by atoms with Gasteiger partial charge in [-0.05, 0) is 31.6 Å². The summed E-state index contributed by atoms with van der Waals surface area (Å²) in [5, 5.41) is 4.83. The van der Waals surface area contributed by atoms with Crippen LogP contribution in [0.4, 0.5) is 5.69 Å². The van der Waals surface area contributed by atoms with E-state index in [0.717, 1.165) is 61.8 Å². The molecule has 0 unspecified atom stereocenters. The van der Waals surface area contributed by atoms with Crippen LogP contribution in [0.25, 0.3) is 23.2 Å². The highest BCUT2D eigenvalue weighted by molar-refractivity contribution is 6.11. The largest absolute Gasteiger partial charge is 0.378 e. The van der Waals surface area contributed by atoms with Crippen LogP contribution in [0.3, 0.4) is 0 Å². The van der Waals surface area contributed by atoms with Gasteiger partial charge in [-0.1, -0.05) is 35.7 Å². The summed E-state index contributed by atoms with van der Waals surface area (Å²) in [5.41, 5.74) is 8.49. The topological polar surface area (TPSA) is 43.2 Å². The molecule has 1 aliphatic carbocycles. The minimum absolute atomic E-state index is 0.778. The quantitative estimate of drug-likeness (QED) is 0.649. The van der Waals surface area contributed by atoms with Crippen LogP contribution in [0, 0.1) is 6.92 Å². The highest BCUT2D eigenvalue weighted by Gasteiger charge is 2.23. The zero-order valence-corrected chi connectivity index (χ0v) is 17.1. The first-order chi connectivity index (χ1) is 14.2. The van der Waals surface area contributed by atoms with Crippen molar-refractivity contribution in [2.24, 2.45) is 0 Å². The Morgan fingerprint density at radius 1 is 1.14 bits per heavy atom. The van der Waals surface area contributed by atoms with Gasteiger partial charge in [0.1, 0.15) is 7.85 Å². The third-order valence-electron chi connectivity index (χ3n) is 5.81. The van der Waals surface area contributed by atoms with Gasteiger partial charge in [-0.3, -0.25) is 0 Å². The van der Waals surface area contributed by atoms with Crippen LogP contribution in [-0.2, 0) is 11.2 Å². The van der Waals surface area contributed by atoms with E-state index in [2.05, 4.69) is 62.1 Å². The molecule has 5 rings (SSSR count). The van der Waals surface area contributed by atoms with E-state index in [-0.39, 0.29) is 0 Å². The molecule has 6 heteroatoms. The molecule has 29 heavy (non-hydrogen) atoms. The molecule has 1 saturated heterocycles. The predicted octanol–water partition coefficient (Wildman–Crippen LogP) is 3.07. The van der Waals surface area contributed by atoms with Gasteiger partial charge in [-0.15, -0.1) is 0 Å². The molecule has 3 heterocycles. The summed E-state index contributed by atoms with van der Waals surface area (Å²) in [4.78, 5) is 7.40. The molecule has 2 aliphatic rings. The first-order valence-electron chi connectivity index (χ1n) is 10.4. The SMILES string of the molecule is BCC1=Cc2nc(-n3ccc(-c4cccc(C)c4)n3)cc(N3CCOCC3)c2C1.